The Hall–Kier alpha value is -1.94. The monoisotopic (exact) mass is 302 g/mol. The van der Waals surface area contributed by atoms with Gasteiger partial charge in [-0.3, -0.25) is 4.79 Å². The summed E-state index contributed by atoms with van der Waals surface area (Å²) in [6, 6.07) is 13.3. The normalized spacial score (nSPS) is 10.2. The van der Waals surface area contributed by atoms with Gasteiger partial charge in [-0.25, -0.2) is 0 Å². The van der Waals surface area contributed by atoms with Crippen LogP contribution in [0.4, 0.5) is 0 Å². The number of carbonyl (C=O) groups excluding carboxylic acids is 1. The average molecular weight is 302 g/mol. The van der Waals surface area contributed by atoms with Crippen molar-refractivity contribution < 1.29 is 14.3 Å². The van der Waals surface area contributed by atoms with Crippen LogP contribution < -0.4 is 9.47 Å². The first-order valence-corrected chi connectivity index (χ1v) is 7.57. The Morgan fingerprint density at radius 2 is 1.67 bits per heavy atom. The standard InChI is InChI=1S/C17H18O3S/c1-12-6-4-5-7-17(12)21-11-16(18)13-8-14(19-2)10-15(9-13)20-3/h4-10H,11H2,1-3H3. The van der Waals surface area contributed by atoms with Gasteiger partial charge in [-0.05, 0) is 30.7 Å². The van der Waals surface area contributed by atoms with Gasteiger partial charge in [0.1, 0.15) is 11.5 Å². The molecule has 0 aromatic heterocycles. The Balaban J connectivity index is 2.11. The van der Waals surface area contributed by atoms with Gasteiger partial charge in [-0.2, -0.15) is 0 Å². The van der Waals surface area contributed by atoms with Crippen molar-refractivity contribution in [3.05, 3.63) is 53.6 Å². The van der Waals surface area contributed by atoms with Gasteiger partial charge in [0.15, 0.2) is 5.78 Å². The summed E-state index contributed by atoms with van der Waals surface area (Å²) < 4.78 is 10.4. The van der Waals surface area contributed by atoms with Crippen LogP contribution in [-0.2, 0) is 0 Å². The predicted molar refractivity (Wildman–Crippen MR) is 85.8 cm³/mol. The molecule has 0 aliphatic rings. The summed E-state index contributed by atoms with van der Waals surface area (Å²) >= 11 is 1.55. The Morgan fingerprint density at radius 3 is 2.24 bits per heavy atom. The fourth-order valence-electron chi connectivity index (χ4n) is 1.91. The zero-order valence-corrected chi connectivity index (χ0v) is 13.2. The molecule has 0 aliphatic heterocycles. The number of Topliss-reactive ketones (excluding diaryl/α,β-unsaturated/α-hetero) is 1. The minimum absolute atomic E-state index is 0.0560. The number of thioether (sulfide) groups is 1. The van der Waals surface area contributed by atoms with Crippen molar-refractivity contribution >= 4 is 17.5 Å². The first kappa shape index (κ1) is 15.4. The molecule has 0 heterocycles. The van der Waals surface area contributed by atoms with Gasteiger partial charge >= 0.3 is 0 Å². The average Bonchev–Trinajstić information content (AvgIpc) is 2.53. The van der Waals surface area contributed by atoms with E-state index in [1.807, 2.05) is 31.2 Å². The van der Waals surface area contributed by atoms with E-state index in [1.54, 1.807) is 44.2 Å². The summed E-state index contributed by atoms with van der Waals surface area (Å²) in [4.78, 5) is 13.5. The number of benzene rings is 2. The molecule has 0 atom stereocenters. The molecule has 4 heteroatoms. The second-order valence-electron chi connectivity index (χ2n) is 4.58. The van der Waals surface area contributed by atoms with Crippen LogP contribution in [0, 0.1) is 6.92 Å². The van der Waals surface area contributed by atoms with Gasteiger partial charge < -0.3 is 9.47 Å². The van der Waals surface area contributed by atoms with E-state index in [2.05, 4.69) is 0 Å². The predicted octanol–water partition coefficient (Wildman–Crippen LogP) is 3.99. The molecule has 0 saturated carbocycles. The summed E-state index contributed by atoms with van der Waals surface area (Å²) in [7, 11) is 3.15. The molecule has 110 valence electrons. The molecule has 2 aromatic carbocycles. The van der Waals surface area contributed by atoms with Crippen LogP contribution in [0.2, 0.25) is 0 Å². The molecular weight excluding hydrogens is 284 g/mol. The second kappa shape index (κ2) is 7.18. The first-order valence-electron chi connectivity index (χ1n) is 6.58. The summed E-state index contributed by atoms with van der Waals surface area (Å²) in [5, 5.41) is 0. The van der Waals surface area contributed by atoms with E-state index in [0.717, 1.165) is 4.90 Å². The molecule has 0 aliphatic carbocycles. The molecule has 0 N–H and O–H groups in total. The number of methoxy groups -OCH3 is 2. The van der Waals surface area contributed by atoms with E-state index in [1.165, 1.54) is 5.56 Å². The fraction of sp³-hybridized carbons (Fsp3) is 0.235. The maximum Gasteiger partial charge on any atom is 0.173 e. The third-order valence-electron chi connectivity index (χ3n) is 3.13. The van der Waals surface area contributed by atoms with E-state index in [0.29, 0.717) is 22.8 Å². The lowest BCUT2D eigenvalue weighted by atomic mass is 10.1. The van der Waals surface area contributed by atoms with Gasteiger partial charge in [-0.1, -0.05) is 18.2 Å². The number of carbonyl (C=O) groups is 1. The first-order chi connectivity index (χ1) is 10.1. The summed E-state index contributed by atoms with van der Waals surface area (Å²) in [5.74, 6) is 1.69. The molecule has 3 nitrogen and oxygen atoms in total. The Bertz CT molecular complexity index is 615. The maximum absolute atomic E-state index is 12.3. The van der Waals surface area contributed by atoms with Crippen LogP contribution in [0.1, 0.15) is 15.9 Å². The topological polar surface area (TPSA) is 35.5 Å². The van der Waals surface area contributed by atoms with Crippen molar-refractivity contribution in [1.82, 2.24) is 0 Å². The number of aryl methyl sites for hydroxylation is 1. The van der Waals surface area contributed by atoms with Crippen molar-refractivity contribution in [3.63, 3.8) is 0 Å². The zero-order valence-electron chi connectivity index (χ0n) is 12.4. The molecule has 2 aromatic rings. The van der Waals surface area contributed by atoms with Crippen LogP contribution in [0.15, 0.2) is 47.4 Å². The SMILES string of the molecule is COc1cc(OC)cc(C(=O)CSc2ccccc2C)c1. The van der Waals surface area contributed by atoms with E-state index in [-0.39, 0.29) is 5.78 Å². The Labute approximate surface area is 129 Å². The van der Waals surface area contributed by atoms with Gasteiger partial charge in [-0.15, -0.1) is 11.8 Å². The molecule has 21 heavy (non-hydrogen) atoms. The van der Waals surface area contributed by atoms with E-state index in [9.17, 15) is 4.79 Å². The third-order valence-corrected chi connectivity index (χ3v) is 4.30. The van der Waals surface area contributed by atoms with Crippen LogP contribution in [0.25, 0.3) is 0 Å². The van der Waals surface area contributed by atoms with Crippen LogP contribution in [0.3, 0.4) is 0 Å². The van der Waals surface area contributed by atoms with Crippen molar-refractivity contribution in [1.29, 1.82) is 0 Å². The van der Waals surface area contributed by atoms with Crippen molar-refractivity contribution in [2.75, 3.05) is 20.0 Å². The molecule has 0 fully saturated rings. The fourth-order valence-corrected chi connectivity index (χ4v) is 2.84. The quantitative estimate of drug-likeness (QED) is 0.597. The molecule has 0 spiro atoms. The van der Waals surface area contributed by atoms with E-state index in [4.69, 9.17) is 9.47 Å². The van der Waals surface area contributed by atoms with E-state index >= 15 is 0 Å². The highest BCUT2D eigenvalue weighted by molar-refractivity contribution is 8.00. The Morgan fingerprint density at radius 1 is 1.05 bits per heavy atom. The smallest absolute Gasteiger partial charge is 0.173 e. The number of hydrogen-bond donors (Lipinski definition) is 0. The van der Waals surface area contributed by atoms with Crippen LogP contribution in [0.5, 0.6) is 11.5 Å². The highest BCUT2D eigenvalue weighted by Crippen LogP contribution is 2.26. The molecule has 0 bridgehead atoms. The van der Waals surface area contributed by atoms with Gasteiger partial charge in [0.05, 0.1) is 20.0 Å². The molecule has 2 rings (SSSR count). The number of ketones is 1. The third kappa shape index (κ3) is 4.02. The van der Waals surface area contributed by atoms with Crippen molar-refractivity contribution in [2.24, 2.45) is 0 Å². The molecule has 0 saturated heterocycles. The van der Waals surface area contributed by atoms with Crippen LogP contribution >= 0.6 is 11.8 Å². The minimum atomic E-state index is 0.0560. The van der Waals surface area contributed by atoms with Gasteiger partial charge in [0, 0.05) is 16.5 Å². The lowest BCUT2D eigenvalue weighted by Crippen LogP contribution is -2.03. The summed E-state index contributed by atoms with van der Waals surface area (Å²) in [6.45, 7) is 2.04. The zero-order chi connectivity index (χ0) is 15.2. The maximum atomic E-state index is 12.3. The summed E-state index contributed by atoms with van der Waals surface area (Å²) in [6.07, 6.45) is 0. The van der Waals surface area contributed by atoms with Crippen molar-refractivity contribution in [2.45, 2.75) is 11.8 Å². The number of rotatable bonds is 6. The molecule has 0 radical (unpaired) electrons. The Kier molecular flexibility index (Phi) is 5.28. The second-order valence-corrected chi connectivity index (χ2v) is 5.60. The van der Waals surface area contributed by atoms with Gasteiger partial charge in [0.25, 0.3) is 0 Å². The highest BCUT2D eigenvalue weighted by atomic mass is 32.2. The largest absolute Gasteiger partial charge is 0.497 e. The highest BCUT2D eigenvalue weighted by Gasteiger charge is 2.11. The molecular formula is C17H18O3S. The van der Waals surface area contributed by atoms with E-state index < -0.39 is 0 Å². The van der Waals surface area contributed by atoms with Crippen molar-refractivity contribution in [3.8, 4) is 11.5 Å². The summed E-state index contributed by atoms with van der Waals surface area (Å²) in [5.41, 5.74) is 1.78. The number of hydrogen-bond acceptors (Lipinski definition) is 4. The van der Waals surface area contributed by atoms with Crippen LogP contribution in [-0.4, -0.2) is 25.8 Å². The lowest BCUT2D eigenvalue weighted by molar-refractivity contribution is 0.102. The molecule has 0 amide bonds. The van der Waals surface area contributed by atoms with Gasteiger partial charge in [0.2, 0.25) is 0 Å². The molecule has 0 unspecified atom stereocenters. The lowest BCUT2D eigenvalue weighted by Gasteiger charge is -2.08. The minimum Gasteiger partial charge on any atom is -0.497 e. The number of ether oxygens (including phenoxy) is 2.